The van der Waals surface area contributed by atoms with Gasteiger partial charge in [-0.1, -0.05) is 6.92 Å². The fourth-order valence-corrected chi connectivity index (χ4v) is 3.71. The van der Waals surface area contributed by atoms with Gasteiger partial charge in [0.25, 0.3) is 0 Å². The van der Waals surface area contributed by atoms with Crippen molar-refractivity contribution in [3.63, 3.8) is 0 Å². The fourth-order valence-electron chi connectivity index (χ4n) is 3.06. The fraction of sp³-hybridized carbons (Fsp3) is 0.455. The molecule has 0 spiro atoms. The van der Waals surface area contributed by atoms with E-state index in [0.29, 0.717) is 13.2 Å². The summed E-state index contributed by atoms with van der Waals surface area (Å²) in [5.74, 6) is 1.68. The number of nitrogens with zero attached hydrogens (tertiary/aromatic N) is 3. The number of aromatic nitrogens is 3. The molecule has 3 rings (SSSR count). The third kappa shape index (κ3) is 4.18. The molecule has 3 aromatic rings. The standard InChI is InChI=1S/C22H29N3O2S/c1-7-16(4)26-10-11-27-20-8-9-23-21(17(20)5)22-24-18-12-14(2)15(3)13-19(18)25(22)28-6/h8-9,12-13,16H,7,10-11H2,1-6H3. The first-order chi connectivity index (χ1) is 13.5. The van der Waals surface area contributed by atoms with E-state index in [0.717, 1.165) is 40.3 Å². The average Bonchev–Trinajstić information content (AvgIpc) is 3.03. The number of pyridine rings is 1. The van der Waals surface area contributed by atoms with Crippen LogP contribution >= 0.6 is 11.9 Å². The number of aryl methyl sites for hydroxylation is 2. The van der Waals surface area contributed by atoms with E-state index in [-0.39, 0.29) is 6.10 Å². The van der Waals surface area contributed by atoms with Gasteiger partial charge in [-0.3, -0.25) is 8.96 Å². The van der Waals surface area contributed by atoms with E-state index in [1.54, 1.807) is 18.1 Å². The van der Waals surface area contributed by atoms with Crippen LogP contribution in [0.15, 0.2) is 24.4 Å². The Bertz CT molecular complexity index is 968. The zero-order chi connectivity index (χ0) is 20.3. The monoisotopic (exact) mass is 399 g/mol. The summed E-state index contributed by atoms with van der Waals surface area (Å²) < 4.78 is 13.8. The summed E-state index contributed by atoms with van der Waals surface area (Å²) in [6.07, 6.45) is 5.10. The van der Waals surface area contributed by atoms with Crippen LogP contribution in [0.2, 0.25) is 0 Å². The number of benzene rings is 1. The highest BCUT2D eigenvalue weighted by molar-refractivity contribution is 7.97. The molecule has 0 radical (unpaired) electrons. The second kappa shape index (κ2) is 8.97. The van der Waals surface area contributed by atoms with Gasteiger partial charge in [-0.15, -0.1) is 0 Å². The highest BCUT2D eigenvalue weighted by Crippen LogP contribution is 2.33. The lowest BCUT2D eigenvalue weighted by atomic mass is 10.1. The minimum atomic E-state index is 0.256. The molecular weight excluding hydrogens is 370 g/mol. The normalized spacial score (nSPS) is 12.5. The molecule has 0 bridgehead atoms. The number of ether oxygens (including phenoxy) is 2. The first-order valence-electron chi connectivity index (χ1n) is 9.70. The molecule has 0 N–H and O–H groups in total. The van der Waals surface area contributed by atoms with Crippen molar-refractivity contribution in [1.29, 1.82) is 0 Å². The second-order valence-electron chi connectivity index (χ2n) is 7.06. The smallest absolute Gasteiger partial charge is 0.170 e. The molecule has 1 atom stereocenters. The van der Waals surface area contributed by atoms with Gasteiger partial charge in [0.1, 0.15) is 18.1 Å². The molecule has 1 aromatic carbocycles. The molecule has 28 heavy (non-hydrogen) atoms. The van der Waals surface area contributed by atoms with Gasteiger partial charge in [0.15, 0.2) is 5.82 Å². The van der Waals surface area contributed by atoms with E-state index >= 15 is 0 Å². The third-order valence-electron chi connectivity index (χ3n) is 5.10. The van der Waals surface area contributed by atoms with Crippen molar-refractivity contribution in [2.75, 3.05) is 19.5 Å². The molecular formula is C22H29N3O2S. The van der Waals surface area contributed by atoms with Crippen molar-refractivity contribution in [1.82, 2.24) is 13.9 Å². The Hall–Kier alpha value is -2.05. The Labute approximate surface area is 171 Å². The van der Waals surface area contributed by atoms with Gasteiger partial charge in [0, 0.05) is 18.0 Å². The molecule has 150 valence electrons. The van der Waals surface area contributed by atoms with E-state index in [1.165, 1.54) is 11.1 Å². The molecule has 0 saturated heterocycles. The largest absolute Gasteiger partial charge is 0.491 e. The van der Waals surface area contributed by atoms with Gasteiger partial charge in [-0.2, -0.15) is 0 Å². The van der Waals surface area contributed by atoms with Crippen LogP contribution < -0.4 is 4.74 Å². The minimum absolute atomic E-state index is 0.256. The SMILES string of the molecule is CCC(C)OCCOc1ccnc(-c2nc3cc(C)c(C)cc3n2SC)c1C. The number of rotatable bonds is 8. The van der Waals surface area contributed by atoms with Crippen LogP contribution in [0.5, 0.6) is 5.75 Å². The molecule has 0 saturated carbocycles. The van der Waals surface area contributed by atoms with Crippen LogP contribution in [0.25, 0.3) is 22.6 Å². The van der Waals surface area contributed by atoms with Gasteiger partial charge < -0.3 is 9.47 Å². The van der Waals surface area contributed by atoms with E-state index < -0.39 is 0 Å². The molecule has 2 heterocycles. The molecule has 0 fully saturated rings. The van der Waals surface area contributed by atoms with E-state index in [2.05, 4.69) is 55.0 Å². The Morgan fingerprint density at radius 2 is 1.89 bits per heavy atom. The molecule has 0 aliphatic heterocycles. The van der Waals surface area contributed by atoms with Gasteiger partial charge in [-0.25, -0.2) is 4.98 Å². The number of hydrogen-bond acceptors (Lipinski definition) is 5. The molecule has 0 amide bonds. The maximum atomic E-state index is 5.97. The van der Waals surface area contributed by atoms with Gasteiger partial charge in [0.05, 0.1) is 23.7 Å². The highest BCUT2D eigenvalue weighted by Gasteiger charge is 2.18. The van der Waals surface area contributed by atoms with Crippen molar-refractivity contribution in [2.45, 2.75) is 47.1 Å². The minimum Gasteiger partial charge on any atom is -0.491 e. The second-order valence-corrected chi connectivity index (χ2v) is 7.79. The Morgan fingerprint density at radius 3 is 2.61 bits per heavy atom. The zero-order valence-corrected chi connectivity index (χ0v) is 18.4. The summed E-state index contributed by atoms with van der Waals surface area (Å²) in [7, 11) is 0. The molecule has 1 unspecified atom stereocenters. The Balaban J connectivity index is 1.92. The van der Waals surface area contributed by atoms with E-state index in [9.17, 15) is 0 Å². The molecule has 2 aromatic heterocycles. The van der Waals surface area contributed by atoms with Crippen LogP contribution in [-0.2, 0) is 4.74 Å². The molecule has 0 aliphatic rings. The van der Waals surface area contributed by atoms with Gasteiger partial charge >= 0.3 is 0 Å². The van der Waals surface area contributed by atoms with Crippen molar-refractivity contribution in [3.8, 4) is 17.3 Å². The summed E-state index contributed by atoms with van der Waals surface area (Å²) in [6.45, 7) is 11.6. The highest BCUT2D eigenvalue weighted by atomic mass is 32.2. The first-order valence-corrected chi connectivity index (χ1v) is 10.9. The summed E-state index contributed by atoms with van der Waals surface area (Å²) in [5.41, 5.74) is 6.44. The van der Waals surface area contributed by atoms with E-state index in [4.69, 9.17) is 14.5 Å². The lowest BCUT2D eigenvalue weighted by molar-refractivity contribution is 0.0425. The van der Waals surface area contributed by atoms with Crippen LogP contribution in [0.3, 0.4) is 0 Å². The third-order valence-corrected chi connectivity index (χ3v) is 5.83. The van der Waals surface area contributed by atoms with Crippen LogP contribution in [-0.4, -0.2) is 39.5 Å². The molecule has 6 heteroatoms. The summed E-state index contributed by atoms with van der Waals surface area (Å²) in [4.78, 5) is 9.51. The van der Waals surface area contributed by atoms with Crippen molar-refractivity contribution >= 4 is 23.0 Å². The Morgan fingerprint density at radius 1 is 1.14 bits per heavy atom. The van der Waals surface area contributed by atoms with Crippen LogP contribution in [0, 0.1) is 20.8 Å². The first kappa shape index (κ1) is 20.7. The number of hydrogen-bond donors (Lipinski definition) is 0. The van der Waals surface area contributed by atoms with Gasteiger partial charge in [-0.05, 0) is 75.4 Å². The van der Waals surface area contributed by atoms with Crippen molar-refractivity contribution in [3.05, 3.63) is 41.1 Å². The van der Waals surface area contributed by atoms with Crippen LogP contribution in [0.4, 0.5) is 0 Å². The lowest BCUT2D eigenvalue weighted by Crippen LogP contribution is -2.13. The number of imidazole rings is 1. The number of fused-ring (bicyclic) bond motifs is 1. The van der Waals surface area contributed by atoms with Gasteiger partial charge in [0.2, 0.25) is 0 Å². The van der Waals surface area contributed by atoms with Crippen molar-refractivity contribution < 1.29 is 9.47 Å². The maximum absolute atomic E-state index is 5.97. The maximum Gasteiger partial charge on any atom is 0.170 e. The van der Waals surface area contributed by atoms with Crippen LogP contribution in [0.1, 0.15) is 37.0 Å². The Kier molecular flexibility index (Phi) is 6.62. The van der Waals surface area contributed by atoms with E-state index in [1.807, 2.05) is 13.0 Å². The summed E-state index contributed by atoms with van der Waals surface area (Å²) >= 11 is 1.64. The predicted molar refractivity (Wildman–Crippen MR) is 117 cm³/mol. The summed E-state index contributed by atoms with van der Waals surface area (Å²) in [6, 6.07) is 6.24. The predicted octanol–water partition coefficient (Wildman–Crippen LogP) is 5.34. The summed E-state index contributed by atoms with van der Waals surface area (Å²) in [5, 5.41) is 0. The molecule has 0 aliphatic carbocycles. The zero-order valence-electron chi connectivity index (χ0n) is 17.6. The average molecular weight is 400 g/mol. The van der Waals surface area contributed by atoms with Crippen molar-refractivity contribution in [2.24, 2.45) is 0 Å². The molecule has 5 nitrogen and oxygen atoms in total. The quantitative estimate of drug-likeness (QED) is 0.478. The topological polar surface area (TPSA) is 49.2 Å². The lowest BCUT2D eigenvalue weighted by Gasteiger charge is -2.14.